The molecule has 1 aliphatic carbocycles. The van der Waals surface area contributed by atoms with Gasteiger partial charge in [-0.1, -0.05) is 6.07 Å². The third-order valence-corrected chi connectivity index (χ3v) is 3.86. The van der Waals surface area contributed by atoms with Gasteiger partial charge in [-0.3, -0.25) is 4.99 Å². The highest BCUT2D eigenvalue weighted by molar-refractivity contribution is 14.0. The molecule has 118 valence electrons. The molecule has 1 aromatic rings. The van der Waals surface area contributed by atoms with Crippen molar-refractivity contribution in [3.63, 3.8) is 0 Å². The van der Waals surface area contributed by atoms with Gasteiger partial charge in [-0.25, -0.2) is 13.1 Å². The van der Waals surface area contributed by atoms with Crippen LogP contribution in [0.25, 0.3) is 0 Å². The molecule has 1 aromatic carbocycles. The first-order valence-electron chi connectivity index (χ1n) is 6.57. The lowest BCUT2D eigenvalue weighted by molar-refractivity contribution is 0.588. The van der Waals surface area contributed by atoms with E-state index in [0.29, 0.717) is 12.5 Å². The topological polar surface area (TPSA) is 96.6 Å². The van der Waals surface area contributed by atoms with E-state index in [1.165, 1.54) is 17.5 Å². The van der Waals surface area contributed by atoms with Crippen molar-refractivity contribution >= 4 is 45.6 Å². The number of nitrogens with two attached hydrogens (primary N) is 1. The number of nitrogens with one attached hydrogen (secondary N) is 2. The van der Waals surface area contributed by atoms with Crippen LogP contribution in [0.4, 0.5) is 5.69 Å². The van der Waals surface area contributed by atoms with Gasteiger partial charge in [-0.2, -0.15) is 0 Å². The Kier molecular flexibility index (Phi) is 6.88. The van der Waals surface area contributed by atoms with E-state index < -0.39 is 10.0 Å². The van der Waals surface area contributed by atoms with E-state index in [1.54, 1.807) is 0 Å². The number of guanidine groups is 1. The molecule has 21 heavy (non-hydrogen) atoms. The van der Waals surface area contributed by atoms with Gasteiger partial charge < -0.3 is 11.1 Å². The molecule has 0 bridgehead atoms. The summed E-state index contributed by atoms with van der Waals surface area (Å²) in [5.74, 6) is 0.290. The van der Waals surface area contributed by atoms with Crippen LogP contribution in [0.15, 0.2) is 23.2 Å². The molecular weight excluding hydrogens is 403 g/mol. The predicted molar refractivity (Wildman–Crippen MR) is 96.8 cm³/mol. The molecule has 4 N–H and O–H groups in total. The number of rotatable bonds is 5. The number of aliphatic imine (C=N–C) groups is 1. The average molecular weight is 424 g/mol. The third kappa shape index (κ3) is 6.18. The van der Waals surface area contributed by atoms with Crippen molar-refractivity contribution in [2.75, 3.05) is 24.7 Å². The first kappa shape index (κ1) is 18.2. The number of benzene rings is 1. The Morgan fingerprint density at radius 3 is 2.76 bits per heavy atom. The summed E-state index contributed by atoms with van der Waals surface area (Å²) in [6, 6.07) is 6.20. The van der Waals surface area contributed by atoms with Crippen LogP contribution >= 0.6 is 24.0 Å². The zero-order valence-electron chi connectivity index (χ0n) is 11.9. The Bertz CT molecular complexity index is 617. The van der Waals surface area contributed by atoms with Gasteiger partial charge in [0.05, 0.1) is 12.8 Å². The zero-order chi connectivity index (χ0) is 14.6. The highest BCUT2D eigenvalue weighted by Crippen LogP contribution is 2.24. The molecule has 0 aliphatic heterocycles. The van der Waals surface area contributed by atoms with Crippen LogP contribution < -0.4 is 15.8 Å². The Balaban J connectivity index is 0.00000220. The summed E-state index contributed by atoms with van der Waals surface area (Å²) in [6.45, 7) is 0.544. The van der Waals surface area contributed by atoms with E-state index in [1.807, 2.05) is 6.07 Å². The van der Waals surface area contributed by atoms with E-state index in [0.717, 1.165) is 24.8 Å². The van der Waals surface area contributed by atoms with Crippen molar-refractivity contribution in [2.45, 2.75) is 19.3 Å². The Labute approximate surface area is 142 Å². The van der Waals surface area contributed by atoms with Crippen molar-refractivity contribution in [2.24, 2.45) is 10.7 Å². The number of halogens is 1. The normalized spacial score (nSPS) is 14.4. The number of fused-ring (bicyclic) bond motifs is 1. The average Bonchev–Trinajstić information content (AvgIpc) is 2.81. The highest BCUT2D eigenvalue weighted by Gasteiger charge is 2.10. The summed E-state index contributed by atoms with van der Waals surface area (Å²) in [4.78, 5) is 4.07. The van der Waals surface area contributed by atoms with E-state index in [9.17, 15) is 8.42 Å². The van der Waals surface area contributed by atoms with Crippen molar-refractivity contribution in [1.82, 2.24) is 4.72 Å². The molecule has 8 heteroatoms. The number of sulfonamides is 1. The van der Waals surface area contributed by atoms with E-state index in [4.69, 9.17) is 5.73 Å². The molecule has 0 atom stereocenters. The largest absolute Gasteiger partial charge is 0.370 e. The summed E-state index contributed by atoms with van der Waals surface area (Å²) >= 11 is 0. The molecule has 0 amide bonds. The summed E-state index contributed by atoms with van der Waals surface area (Å²) in [7, 11) is -3.17. The second kappa shape index (κ2) is 7.95. The molecule has 1 aliphatic rings. The molecule has 0 unspecified atom stereocenters. The van der Waals surface area contributed by atoms with Crippen molar-refractivity contribution < 1.29 is 8.42 Å². The van der Waals surface area contributed by atoms with Crippen LogP contribution in [0, 0.1) is 0 Å². The fourth-order valence-corrected chi connectivity index (χ4v) is 2.71. The Morgan fingerprint density at radius 2 is 2.05 bits per heavy atom. The maximum absolute atomic E-state index is 10.9. The number of hydrogen-bond acceptors (Lipinski definition) is 3. The number of hydrogen-bond donors (Lipinski definition) is 3. The molecule has 6 nitrogen and oxygen atoms in total. The van der Waals surface area contributed by atoms with Crippen LogP contribution in [0.1, 0.15) is 17.5 Å². The standard InChI is InChI=1S/C13H20N4O2S.HI/c1-20(18,19)16-8-7-15-13(14)17-12-6-5-10-3-2-4-11(10)9-12;/h5-6,9,16H,2-4,7-8H2,1H3,(H3,14,15,17);1H. The molecule has 0 fully saturated rings. The number of anilines is 1. The van der Waals surface area contributed by atoms with Crippen molar-refractivity contribution in [3.8, 4) is 0 Å². The monoisotopic (exact) mass is 424 g/mol. The van der Waals surface area contributed by atoms with Gasteiger partial charge in [0, 0.05) is 12.2 Å². The predicted octanol–water partition coefficient (Wildman–Crippen LogP) is 1.07. The molecule has 0 radical (unpaired) electrons. The van der Waals surface area contributed by atoms with Gasteiger partial charge in [0.1, 0.15) is 0 Å². The third-order valence-electron chi connectivity index (χ3n) is 3.13. The lowest BCUT2D eigenvalue weighted by Gasteiger charge is -2.08. The van der Waals surface area contributed by atoms with Gasteiger partial charge in [0.2, 0.25) is 10.0 Å². The molecule has 0 saturated heterocycles. The SMILES string of the molecule is CS(=O)(=O)NCCN=C(N)Nc1ccc2c(c1)CCC2.I. The minimum atomic E-state index is -3.17. The highest BCUT2D eigenvalue weighted by atomic mass is 127. The van der Waals surface area contributed by atoms with E-state index in [-0.39, 0.29) is 30.5 Å². The zero-order valence-corrected chi connectivity index (χ0v) is 15.1. The van der Waals surface area contributed by atoms with Crippen LogP contribution in [-0.2, 0) is 22.9 Å². The van der Waals surface area contributed by atoms with Crippen LogP contribution in [0.5, 0.6) is 0 Å². The Hall–Kier alpha value is -0.870. The summed E-state index contributed by atoms with van der Waals surface area (Å²) in [6.07, 6.45) is 4.58. The van der Waals surface area contributed by atoms with Gasteiger partial charge in [0.25, 0.3) is 0 Å². The maximum atomic E-state index is 10.9. The summed E-state index contributed by atoms with van der Waals surface area (Å²) in [5.41, 5.74) is 9.45. The van der Waals surface area contributed by atoms with Crippen LogP contribution in [0.2, 0.25) is 0 Å². The molecule has 0 heterocycles. The summed E-state index contributed by atoms with van der Waals surface area (Å²) in [5, 5.41) is 3.02. The second-order valence-corrected chi connectivity index (χ2v) is 6.73. The quantitative estimate of drug-likeness (QED) is 0.285. The number of nitrogens with zero attached hydrogens (tertiary/aromatic N) is 1. The van der Waals surface area contributed by atoms with Crippen LogP contribution in [0.3, 0.4) is 0 Å². The Morgan fingerprint density at radius 1 is 1.33 bits per heavy atom. The summed E-state index contributed by atoms with van der Waals surface area (Å²) < 4.78 is 24.1. The smallest absolute Gasteiger partial charge is 0.208 e. The van der Waals surface area contributed by atoms with Crippen molar-refractivity contribution in [1.29, 1.82) is 0 Å². The van der Waals surface area contributed by atoms with E-state index >= 15 is 0 Å². The second-order valence-electron chi connectivity index (χ2n) is 4.90. The van der Waals surface area contributed by atoms with Gasteiger partial charge in [0.15, 0.2) is 5.96 Å². The molecule has 0 spiro atoms. The lowest BCUT2D eigenvalue weighted by atomic mass is 10.1. The fraction of sp³-hybridized carbons (Fsp3) is 0.462. The van der Waals surface area contributed by atoms with Crippen LogP contribution in [-0.4, -0.2) is 33.7 Å². The fourth-order valence-electron chi connectivity index (χ4n) is 2.24. The van der Waals surface area contributed by atoms with Crippen molar-refractivity contribution in [3.05, 3.63) is 29.3 Å². The minimum absolute atomic E-state index is 0. The van der Waals surface area contributed by atoms with Gasteiger partial charge in [-0.15, -0.1) is 24.0 Å². The molecular formula is C13H21IN4O2S. The number of aryl methyl sites for hydroxylation is 2. The first-order chi connectivity index (χ1) is 9.44. The first-order valence-corrected chi connectivity index (χ1v) is 8.46. The van der Waals surface area contributed by atoms with Gasteiger partial charge in [-0.05, 0) is 42.5 Å². The molecule has 2 rings (SSSR count). The lowest BCUT2D eigenvalue weighted by Crippen LogP contribution is -2.27. The molecule has 0 aromatic heterocycles. The van der Waals surface area contributed by atoms with E-state index in [2.05, 4.69) is 27.2 Å². The minimum Gasteiger partial charge on any atom is -0.370 e. The maximum Gasteiger partial charge on any atom is 0.208 e. The molecule has 0 saturated carbocycles. The van der Waals surface area contributed by atoms with Gasteiger partial charge >= 0.3 is 0 Å².